The normalized spacial score (nSPS) is 17.2. The summed E-state index contributed by atoms with van der Waals surface area (Å²) in [7, 11) is 0. The third kappa shape index (κ3) is 1.70. The number of nitrogens with zero attached hydrogens (tertiary/aromatic N) is 2. The van der Waals surface area contributed by atoms with Crippen LogP contribution in [0.3, 0.4) is 0 Å². The van der Waals surface area contributed by atoms with E-state index in [1.165, 1.54) is 0 Å². The fourth-order valence-corrected chi connectivity index (χ4v) is 2.11. The first-order chi connectivity index (χ1) is 7.45. The van der Waals surface area contributed by atoms with Gasteiger partial charge in [0.25, 0.3) is 0 Å². The van der Waals surface area contributed by atoms with Crippen molar-refractivity contribution < 1.29 is 19.8 Å². The van der Waals surface area contributed by atoms with Crippen molar-refractivity contribution in [2.75, 3.05) is 13.1 Å². The van der Waals surface area contributed by atoms with E-state index in [1.54, 1.807) is 30.6 Å². The van der Waals surface area contributed by atoms with Crippen LogP contribution in [0.25, 0.3) is 0 Å². The molecule has 0 fully saturated rings. The highest BCUT2D eigenvalue weighted by atomic mass is 16.4. The summed E-state index contributed by atoms with van der Waals surface area (Å²) >= 11 is 0. The molecule has 0 amide bonds. The number of carboxylic acids is 2. The Bertz CT molecular complexity index is 319. The molecule has 0 aromatic rings. The van der Waals surface area contributed by atoms with E-state index in [4.69, 9.17) is 10.2 Å². The van der Waals surface area contributed by atoms with Crippen LogP contribution < -0.4 is 0 Å². The Balaban J connectivity index is 3.30. The number of hydrogen-bond donors (Lipinski definition) is 2. The van der Waals surface area contributed by atoms with Crippen LogP contribution in [-0.4, -0.2) is 51.2 Å². The lowest BCUT2D eigenvalue weighted by molar-refractivity contribution is -0.137. The molecule has 0 saturated carbocycles. The number of carboxylic acid groups (broad SMARTS) is 2. The number of aliphatic carboxylic acids is 2. The molecule has 6 nitrogen and oxygen atoms in total. The topological polar surface area (TPSA) is 81.1 Å². The smallest absolute Gasteiger partial charge is 0.354 e. The molecule has 0 saturated heterocycles. The zero-order valence-electron chi connectivity index (χ0n) is 9.60. The van der Waals surface area contributed by atoms with Gasteiger partial charge in [0.15, 0.2) is 11.4 Å². The molecule has 90 valence electrons. The van der Waals surface area contributed by atoms with Crippen molar-refractivity contribution in [3.05, 3.63) is 11.4 Å². The van der Waals surface area contributed by atoms with Crippen molar-refractivity contribution in [3.63, 3.8) is 0 Å². The third-order valence-electron chi connectivity index (χ3n) is 2.79. The lowest BCUT2D eigenvalue weighted by Gasteiger charge is -2.29. The van der Waals surface area contributed by atoms with Gasteiger partial charge in [-0.05, 0) is 20.8 Å². The SMILES string of the molecule is CCN1C(C(=O)O)=C(C(=O)O)N(CC)C1C. The van der Waals surface area contributed by atoms with E-state index in [0.717, 1.165) is 0 Å². The maximum Gasteiger partial charge on any atom is 0.354 e. The van der Waals surface area contributed by atoms with Crippen molar-refractivity contribution in [2.24, 2.45) is 0 Å². The second-order valence-corrected chi connectivity index (χ2v) is 3.51. The zero-order valence-corrected chi connectivity index (χ0v) is 9.60. The maximum absolute atomic E-state index is 11.1. The summed E-state index contributed by atoms with van der Waals surface area (Å²) in [6.45, 7) is 6.34. The molecule has 1 aliphatic heterocycles. The highest BCUT2D eigenvalue weighted by Crippen LogP contribution is 2.29. The quantitative estimate of drug-likeness (QED) is 0.723. The first-order valence-corrected chi connectivity index (χ1v) is 5.19. The molecule has 1 heterocycles. The van der Waals surface area contributed by atoms with E-state index in [0.29, 0.717) is 13.1 Å². The third-order valence-corrected chi connectivity index (χ3v) is 2.79. The van der Waals surface area contributed by atoms with Crippen LogP contribution in [0.1, 0.15) is 20.8 Å². The van der Waals surface area contributed by atoms with Gasteiger partial charge < -0.3 is 20.0 Å². The van der Waals surface area contributed by atoms with Crippen molar-refractivity contribution in [2.45, 2.75) is 26.9 Å². The monoisotopic (exact) mass is 228 g/mol. The Labute approximate surface area is 93.8 Å². The van der Waals surface area contributed by atoms with Crippen LogP contribution in [0.4, 0.5) is 0 Å². The molecular weight excluding hydrogens is 212 g/mol. The largest absolute Gasteiger partial charge is 0.477 e. The first-order valence-electron chi connectivity index (χ1n) is 5.19. The zero-order chi connectivity index (χ0) is 12.5. The summed E-state index contributed by atoms with van der Waals surface area (Å²) < 4.78 is 0. The predicted octanol–water partition coefficient (Wildman–Crippen LogP) is 0.371. The van der Waals surface area contributed by atoms with Crippen LogP contribution >= 0.6 is 0 Å². The van der Waals surface area contributed by atoms with Crippen LogP contribution in [0.15, 0.2) is 11.4 Å². The summed E-state index contributed by atoms with van der Waals surface area (Å²) in [5.41, 5.74) is -0.242. The van der Waals surface area contributed by atoms with Gasteiger partial charge in [0.2, 0.25) is 0 Å². The van der Waals surface area contributed by atoms with Gasteiger partial charge in [-0.15, -0.1) is 0 Å². The van der Waals surface area contributed by atoms with Gasteiger partial charge in [0.05, 0.1) is 6.17 Å². The molecule has 6 heteroatoms. The molecule has 0 aliphatic carbocycles. The van der Waals surface area contributed by atoms with E-state index in [1.807, 2.05) is 0 Å². The lowest BCUT2D eigenvalue weighted by atomic mass is 10.3. The Kier molecular flexibility index (Phi) is 3.41. The Morgan fingerprint density at radius 2 is 1.38 bits per heavy atom. The van der Waals surface area contributed by atoms with Crippen molar-refractivity contribution >= 4 is 11.9 Å². The van der Waals surface area contributed by atoms with Gasteiger partial charge in [-0.1, -0.05) is 0 Å². The number of hydrogen-bond acceptors (Lipinski definition) is 4. The molecule has 2 N–H and O–H groups in total. The average molecular weight is 228 g/mol. The fourth-order valence-electron chi connectivity index (χ4n) is 2.11. The summed E-state index contributed by atoms with van der Waals surface area (Å²) in [6.07, 6.45) is -0.229. The molecule has 0 bridgehead atoms. The Hall–Kier alpha value is -1.72. The molecule has 1 aliphatic rings. The number of rotatable bonds is 4. The fraction of sp³-hybridized carbons (Fsp3) is 0.600. The number of likely N-dealkylation sites (N-methyl/N-ethyl adjacent to an activating group) is 2. The molecule has 16 heavy (non-hydrogen) atoms. The van der Waals surface area contributed by atoms with Crippen LogP contribution in [0.2, 0.25) is 0 Å². The van der Waals surface area contributed by atoms with Crippen molar-refractivity contribution in [1.82, 2.24) is 9.80 Å². The average Bonchev–Trinajstić information content (AvgIpc) is 2.50. The van der Waals surface area contributed by atoms with E-state index in [9.17, 15) is 9.59 Å². The predicted molar refractivity (Wildman–Crippen MR) is 56.5 cm³/mol. The van der Waals surface area contributed by atoms with E-state index in [2.05, 4.69) is 0 Å². The first kappa shape index (κ1) is 12.4. The highest BCUT2D eigenvalue weighted by molar-refractivity contribution is 5.98. The Morgan fingerprint density at radius 3 is 1.56 bits per heavy atom. The van der Waals surface area contributed by atoms with Crippen LogP contribution in [-0.2, 0) is 9.59 Å². The minimum Gasteiger partial charge on any atom is -0.477 e. The van der Waals surface area contributed by atoms with Gasteiger partial charge in [0, 0.05) is 13.1 Å². The number of carbonyl (C=O) groups is 2. The second kappa shape index (κ2) is 4.42. The van der Waals surface area contributed by atoms with Crippen LogP contribution in [0, 0.1) is 0 Å². The lowest BCUT2D eigenvalue weighted by Crippen LogP contribution is -2.39. The van der Waals surface area contributed by atoms with Gasteiger partial charge in [-0.25, -0.2) is 9.59 Å². The van der Waals surface area contributed by atoms with Gasteiger partial charge in [0.1, 0.15) is 0 Å². The van der Waals surface area contributed by atoms with E-state index < -0.39 is 11.9 Å². The molecule has 0 unspecified atom stereocenters. The van der Waals surface area contributed by atoms with Gasteiger partial charge in [-0.2, -0.15) is 0 Å². The summed E-state index contributed by atoms with van der Waals surface area (Å²) in [5, 5.41) is 18.2. The summed E-state index contributed by atoms with van der Waals surface area (Å²) in [6, 6.07) is 0. The molecular formula is C10H16N2O4. The summed E-state index contributed by atoms with van der Waals surface area (Å²) in [5.74, 6) is -2.39. The molecule has 0 atom stereocenters. The summed E-state index contributed by atoms with van der Waals surface area (Å²) in [4.78, 5) is 25.4. The minimum absolute atomic E-state index is 0.121. The van der Waals surface area contributed by atoms with Gasteiger partial charge in [-0.3, -0.25) is 0 Å². The molecule has 0 aromatic carbocycles. The molecule has 0 spiro atoms. The minimum atomic E-state index is -1.19. The van der Waals surface area contributed by atoms with Gasteiger partial charge >= 0.3 is 11.9 Å². The van der Waals surface area contributed by atoms with Crippen LogP contribution in [0.5, 0.6) is 0 Å². The molecule has 0 aromatic heterocycles. The molecule has 1 rings (SSSR count). The van der Waals surface area contributed by atoms with Crippen molar-refractivity contribution in [3.8, 4) is 0 Å². The standard InChI is InChI=1S/C10H16N2O4/c1-4-11-6(3)12(5-2)8(10(15)16)7(11)9(13)14/h6H,4-5H2,1-3H3,(H,13,14)(H,15,16). The second-order valence-electron chi connectivity index (χ2n) is 3.51. The van der Waals surface area contributed by atoms with E-state index >= 15 is 0 Å². The van der Waals surface area contributed by atoms with E-state index in [-0.39, 0.29) is 17.6 Å². The maximum atomic E-state index is 11.1. The Morgan fingerprint density at radius 1 is 1.06 bits per heavy atom. The highest BCUT2D eigenvalue weighted by Gasteiger charge is 2.40. The van der Waals surface area contributed by atoms with Crippen molar-refractivity contribution in [1.29, 1.82) is 0 Å². The molecule has 0 radical (unpaired) electrons.